The van der Waals surface area contributed by atoms with Crippen molar-refractivity contribution in [1.29, 1.82) is 0 Å². The Morgan fingerprint density at radius 3 is 1.71 bits per heavy atom. The third-order valence-electron chi connectivity index (χ3n) is 10.4. The van der Waals surface area contributed by atoms with Gasteiger partial charge in [0.15, 0.2) is 0 Å². The molecule has 5 nitrogen and oxygen atoms in total. The largest absolute Gasteiger partial charge is 2.00 e. The van der Waals surface area contributed by atoms with Crippen LogP contribution in [0.15, 0.2) is 109 Å². The van der Waals surface area contributed by atoms with Gasteiger partial charge in [0.1, 0.15) is 0 Å². The molecule has 0 aliphatic carbocycles. The van der Waals surface area contributed by atoms with Crippen molar-refractivity contribution in [2.45, 2.75) is 52.4 Å². The van der Waals surface area contributed by atoms with Gasteiger partial charge in [-0.25, -0.2) is 0 Å². The minimum Gasteiger partial charge on any atom is -0.497 e. The van der Waals surface area contributed by atoms with Crippen LogP contribution in [0, 0.1) is 12.1 Å². The number of hydrogen-bond acceptors (Lipinski definition) is 3. The van der Waals surface area contributed by atoms with Gasteiger partial charge in [-0.2, -0.15) is 0 Å². The quantitative estimate of drug-likeness (QED) is 0.1000. The van der Waals surface area contributed by atoms with E-state index >= 15 is 0 Å². The van der Waals surface area contributed by atoms with E-state index in [1.807, 2.05) is 24.3 Å². The Morgan fingerprint density at radius 2 is 1.10 bits per heavy atom. The van der Waals surface area contributed by atoms with Crippen LogP contribution in [0.3, 0.4) is 0 Å². The molecule has 256 valence electrons. The molecule has 6 heteroatoms. The SMILES string of the molecule is CC(C)(C)c1ccc2c(c1)c1ccc(Oc3[c-]c4c(cc3)c3cccc(C(C)(C)C)c3n3c5ccccc5nc43)[c-]c1c1nc3ccccc3n21.[Pd+2]. The summed E-state index contributed by atoms with van der Waals surface area (Å²) < 4.78 is 11.2. The summed E-state index contributed by atoms with van der Waals surface area (Å²) in [7, 11) is 0. The molecule has 0 spiro atoms. The molecule has 0 saturated heterocycles. The molecule has 0 radical (unpaired) electrons. The van der Waals surface area contributed by atoms with E-state index in [-0.39, 0.29) is 31.3 Å². The molecule has 4 heterocycles. The van der Waals surface area contributed by atoms with Gasteiger partial charge in [-0.05, 0) is 63.1 Å². The first-order chi connectivity index (χ1) is 24.5. The standard InChI is InChI=1S/C46H36N4O.Pd/c1-45(2,3)27-18-23-39-33(24-27)31-22-20-29(26-35(31)43-47-37-14-7-9-16-40(37)49(39)43)51-28-19-21-30-32-12-11-13-36(46(4,5)6)42(32)50-41-17-10-8-15-38(41)48-44(50)34(30)25-28;/h7-24H,1-6H3;/q-2;+2. The number of aromatic nitrogens is 4. The van der Waals surface area contributed by atoms with Crippen LogP contribution in [0.1, 0.15) is 52.7 Å². The van der Waals surface area contributed by atoms with Crippen molar-refractivity contribution in [3.8, 4) is 11.5 Å². The molecule has 0 unspecified atom stereocenters. The minimum atomic E-state index is -0.0596. The summed E-state index contributed by atoms with van der Waals surface area (Å²) in [6.07, 6.45) is 0. The summed E-state index contributed by atoms with van der Waals surface area (Å²) in [6.45, 7) is 13.6. The topological polar surface area (TPSA) is 43.8 Å². The summed E-state index contributed by atoms with van der Waals surface area (Å²) in [5.41, 5.74) is 10.6. The van der Waals surface area contributed by atoms with Gasteiger partial charge >= 0.3 is 20.4 Å². The van der Waals surface area contributed by atoms with Crippen LogP contribution in [0.2, 0.25) is 0 Å². The summed E-state index contributed by atoms with van der Waals surface area (Å²) >= 11 is 0. The van der Waals surface area contributed by atoms with Crippen LogP contribution >= 0.6 is 0 Å². The molecular formula is C46H36N4OPd. The smallest absolute Gasteiger partial charge is 0.497 e. The van der Waals surface area contributed by atoms with E-state index < -0.39 is 0 Å². The van der Waals surface area contributed by atoms with Crippen molar-refractivity contribution < 1.29 is 25.2 Å². The molecule has 0 aliphatic heterocycles. The Bertz CT molecular complexity index is 3040. The summed E-state index contributed by atoms with van der Waals surface area (Å²) in [4.78, 5) is 10.3. The maximum absolute atomic E-state index is 6.64. The fraction of sp³-hybridized carbons (Fsp3) is 0.174. The predicted octanol–water partition coefficient (Wildman–Crippen LogP) is 11.9. The van der Waals surface area contributed by atoms with E-state index in [4.69, 9.17) is 14.7 Å². The van der Waals surface area contributed by atoms with Crippen molar-refractivity contribution in [2.75, 3.05) is 0 Å². The zero-order chi connectivity index (χ0) is 34.8. The molecule has 0 N–H and O–H groups in total. The van der Waals surface area contributed by atoms with Crippen LogP contribution in [0.4, 0.5) is 0 Å². The van der Waals surface area contributed by atoms with E-state index in [1.165, 1.54) is 27.4 Å². The van der Waals surface area contributed by atoms with Gasteiger partial charge in [0.05, 0.1) is 33.4 Å². The summed E-state index contributed by atoms with van der Waals surface area (Å²) in [5, 5.41) is 6.38. The minimum absolute atomic E-state index is 0. The van der Waals surface area contributed by atoms with E-state index in [9.17, 15) is 0 Å². The molecular weight excluding hydrogens is 731 g/mol. The first-order valence-corrected chi connectivity index (χ1v) is 17.6. The number of nitrogens with zero attached hydrogens (tertiary/aromatic N) is 4. The maximum atomic E-state index is 6.64. The summed E-state index contributed by atoms with van der Waals surface area (Å²) in [6, 6.07) is 45.7. The predicted molar refractivity (Wildman–Crippen MR) is 211 cm³/mol. The van der Waals surface area contributed by atoms with Crippen LogP contribution in [-0.2, 0) is 31.3 Å². The second-order valence-corrected chi connectivity index (χ2v) is 15.8. The fourth-order valence-corrected chi connectivity index (χ4v) is 7.87. The third-order valence-corrected chi connectivity index (χ3v) is 10.4. The molecule has 0 fully saturated rings. The van der Waals surface area contributed by atoms with Crippen LogP contribution in [0.5, 0.6) is 11.5 Å². The Morgan fingerprint density at radius 1 is 0.519 bits per heavy atom. The van der Waals surface area contributed by atoms with Gasteiger partial charge in [-0.3, -0.25) is 9.97 Å². The van der Waals surface area contributed by atoms with Gasteiger partial charge in [-0.15, -0.1) is 12.1 Å². The van der Waals surface area contributed by atoms with Crippen molar-refractivity contribution in [1.82, 2.24) is 18.8 Å². The zero-order valence-corrected chi connectivity index (χ0v) is 31.5. The Labute approximate surface area is 315 Å². The monoisotopic (exact) mass is 766 g/mol. The van der Waals surface area contributed by atoms with E-state index in [0.717, 1.165) is 60.4 Å². The molecule has 6 aromatic carbocycles. The number of pyridine rings is 2. The molecule has 0 aliphatic rings. The molecule has 52 heavy (non-hydrogen) atoms. The molecule has 0 saturated carbocycles. The van der Waals surface area contributed by atoms with Crippen molar-refractivity contribution in [3.63, 3.8) is 0 Å². The molecule has 0 atom stereocenters. The van der Waals surface area contributed by atoms with E-state index in [1.54, 1.807) is 0 Å². The Kier molecular flexibility index (Phi) is 7.13. The molecule has 4 aromatic heterocycles. The van der Waals surface area contributed by atoms with Crippen molar-refractivity contribution in [3.05, 3.63) is 132 Å². The third kappa shape index (κ3) is 4.78. The average Bonchev–Trinajstić information content (AvgIpc) is 3.70. The fourth-order valence-electron chi connectivity index (χ4n) is 7.87. The Balaban J connectivity index is 0.00000360. The number of fused-ring (bicyclic) bond motifs is 16. The normalized spacial score (nSPS) is 12.7. The van der Waals surface area contributed by atoms with Gasteiger partial charge in [0, 0.05) is 22.5 Å². The van der Waals surface area contributed by atoms with Gasteiger partial charge in [0.2, 0.25) is 0 Å². The summed E-state index contributed by atoms with van der Waals surface area (Å²) in [5.74, 6) is 1.22. The maximum Gasteiger partial charge on any atom is 2.00 e. The molecule has 10 rings (SSSR count). The number of para-hydroxylation sites is 5. The first-order valence-electron chi connectivity index (χ1n) is 17.6. The molecule has 10 aromatic rings. The van der Waals surface area contributed by atoms with Crippen molar-refractivity contribution in [2.24, 2.45) is 0 Å². The van der Waals surface area contributed by atoms with Gasteiger partial charge in [0.25, 0.3) is 0 Å². The average molecular weight is 767 g/mol. The van der Waals surface area contributed by atoms with Crippen LogP contribution in [0.25, 0.3) is 76.7 Å². The molecule has 0 bridgehead atoms. The van der Waals surface area contributed by atoms with Gasteiger partial charge < -0.3 is 13.5 Å². The van der Waals surface area contributed by atoms with E-state index in [0.29, 0.717) is 11.5 Å². The number of hydrogen-bond donors (Lipinski definition) is 0. The number of imidazole rings is 2. The number of ether oxygens (including phenoxy) is 1. The second-order valence-electron chi connectivity index (χ2n) is 15.8. The first kappa shape index (κ1) is 32.6. The van der Waals surface area contributed by atoms with Crippen molar-refractivity contribution >= 4 is 76.7 Å². The van der Waals surface area contributed by atoms with E-state index in [2.05, 4.69) is 147 Å². The number of benzene rings is 6. The second kappa shape index (κ2) is 11.4. The van der Waals surface area contributed by atoms with Crippen LogP contribution < -0.4 is 4.74 Å². The zero-order valence-electron chi connectivity index (χ0n) is 29.9. The molecule has 0 amide bonds. The number of rotatable bonds is 2. The van der Waals surface area contributed by atoms with Gasteiger partial charge in [-0.1, -0.05) is 142 Å². The van der Waals surface area contributed by atoms with Crippen LogP contribution in [-0.4, -0.2) is 18.8 Å². The Hall–Kier alpha value is -5.28.